The van der Waals surface area contributed by atoms with Crippen LogP contribution in [0.1, 0.15) is 36.0 Å². The Bertz CT molecular complexity index is 1100. The Hall–Kier alpha value is -3.60. The minimum atomic E-state index is -0.439. The molecule has 0 unspecified atom stereocenters. The highest BCUT2D eigenvalue weighted by Crippen LogP contribution is 2.16. The Morgan fingerprint density at radius 3 is 2.73 bits per heavy atom. The molecule has 10 nitrogen and oxygen atoms in total. The monoisotopic (exact) mass is 470 g/mol. The molecule has 0 spiro atoms. The Balaban J connectivity index is 1.59. The lowest BCUT2D eigenvalue weighted by atomic mass is 10.1. The number of rotatable bonds is 10. The second-order valence-electron chi connectivity index (χ2n) is 7.44. The quantitative estimate of drug-likeness (QED) is 0.451. The van der Waals surface area contributed by atoms with Gasteiger partial charge in [-0.05, 0) is 49.6 Å². The third-order valence-electron chi connectivity index (χ3n) is 4.54. The summed E-state index contributed by atoms with van der Waals surface area (Å²) in [7, 11) is 0. The van der Waals surface area contributed by atoms with Gasteiger partial charge < -0.3 is 15.0 Å². The van der Waals surface area contributed by atoms with Crippen LogP contribution in [0.15, 0.2) is 41.8 Å². The zero-order valence-corrected chi connectivity index (χ0v) is 19.5. The largest absolute Gasteiger partial charge is 0.459 e. The van der Waals surface area contributed by atoms with Gasteiger partial charge in [0.2, 0.25) is 17.6 Å². The highest BCUT2D eigenvalue weighted by molar-refractivity contribution is 7.09. The molecule has 3 aromatic rings. The first-order valence-corrected chi connectivity index (χ1v) is 11.4. The van der Waals surface area contributed by atoms with Gasteiger partial charge in [-0.1, -0.05) is 18.2 Å². The smallest absolute Gasteiger partial charge is 0.338 e. The van der Waals surface area contributed by atoms with Crippen LogP contribution in [0.4, 0.5) is 0 Å². The van der Waals surface area contributed by atoms with E-state index in [1.807, 2.05) is 17.5 Å². The predicted molar refractivity (Wildman–Crippen MR) is 122 cm³/mol. The predicted octanol–water partition coefficient (Wildman–Crippen LogP) is 2.13. The van der Waals surface area contributed by atoms with Gasteiger partial charge in [-0.15, -0.1) is 21.5 Å². The van der Waals surface area contributed by atoms with E-state index in [1.165, 1.54) is 9.70 Å². The summed E-state index contributed by atoms with van der Waals surface area (Å²) in [5, 5.41) is 16.9. The zero-order valence-electron chi connectivity index (χ0n) is 18.7. The van der Waals surface area contributed by atoms with Crippen molar-refractivity contribution in [3.63, 3.8) is 0 Å². The molecule has 0 radical (unpaired) electrons. The molecule has 2 aromatic heterocycles. The molecule has 0 aliphatic heterocycles. The van der Waals surface area contributed by atoms with Crippen molar-refractivity contribution in [2.24, 2.45) is 0 Å². The molecular formula is C22H26N6O4S. The number of thiophene rings is 1. The van der Waals surface area contributed by atoms with Crippen LogP contribution in [-0.2, 0) is 27.4 Å². The fourth-order valence-corrected chi connectivity index (χ4v) is 3.56. The Morgan fingerprint density at radius 2 is 2.03 bits per heavy atom. The van der Waals surface area contributed by atoms with Crippen molar-refractivity contribution >= 4 is 29.1 Å². The van der Waals surface area contributed by atoms with E-state index in [0.29, 0.717) is 24.2 Å². The molecule has 0 fully saturated rings. The standard InChI is InChI=1S/C22H26N6O4S/c1-4-27(13-19(29)23-12-18-9-6-10-33-18)20(30)14-28-25-21(24-26-28)16-7-5-8-17(11-16)22(31)32-15(2)3/h5-11,15H,4,12-14H2,1-3H3,(H,23,29). The topological polar surface area (TPSA) is 119 Å². The summed E-state index contributed by atoms with van der Waals surface area (Å²) in [4.78, 5) is 40.6. The second kappa shape index (κ2) is 11.3. The van der Waals surface area contributed by atoms with Crippen LogP contribution >= 0.6 is 11.3 Å². The molecule has 3 rings (SSSR count). The number of ether oxygens (including phenoxy) is 1. The van der Waals surface area contributed by atoms with Crippen LogP contribution in [-0.4, -0.2) is 62.1 Å². The fraction of sp³-hybridized carbons (Fsp3) is 0.364. The number of carbonyl (C=O) groups excluding carboxylic acids is 3. The van der Waals surface area contributed by atoms with E-state index < -0.39 is 5.97 Å². The number of likely N-dealkylation sites (N-methyl/N-ethyl adjacent to an activating group) is 1. The maximum atomic E-state index is 12.7. The van der Waals surface area contributed by atoms with Crippen LogP contribution in [0.3, 0.4) is 0 Å². The van der Waals surface area contributed by atoms with E-state index in [1.54, 1.807) is 56.4 Å². The Morgan fingerprint density at radius 1 is 1.21 bits per heavy atom. The molecule has 0 bridgehead atoms. The van der Waals surface area contributed by atoms with Crippen LogP contribution in [0.2, 0.25) is 0 Å². The summed E-state index contributed by atoms with van der Waals surface area (Å²) in [6.07, 6.45) is -0.231. The number of aromatic nitrogens is 4. The molecule has 0 saturated carbocycles. The van der Waals surface area contributed by atoms with Crippen molar-refractivity contribution in [3.05, 3.63) is 52.2 Å². The van der Waals surface area contributed by atoms with E-state index >= 15 is 0 Å². The van der Waals surface area contributed by atoms with Crippen LogP contribution in [0.25, 0.3) is 11.4 Å². The maximum Gasteiger partial charge on any atom is 0.338 e. The number of esters is 1. The van der Waals surface area contributed by atoms with Gasteiger partial charge in [0, 0.05) is 17.0 Å². The molecule has 174 valence electrons. The van der Waals surface area contributed by atoms with E-state index in [2.05, 4.69) is 20.7 Å². The molecule has 11 heteroatoms. The van der Waals surface area contributed by atoms with Crippen molar-refractivity contribution in [3.8, 4) is 11.4 Å². The van der Waals surface area contributed by atoms with Gasteiger partial charge in [-0.25, -0.2) is 4.79 Å². The van der Waals surface area contributed by atoms with E-state index in [-0.39, 0.29) is 36.8 Å². The first-order chi connectivity index (χ1) is 15.9. The lowest BCUT2D eigenvalue weighted by Gasteiger charge is -2.19. The van der Waals surface area contributed by atoms with Crippen molar-refractivity contribution in [1.29, 1.82) is 0 Å². The lowest BCUT2D eigenvalue weighted by molar-refractivity contribution is -0.136. The molecule has 0 saturated heterocycles. The van der Waals surface area contributed by atoms with Crippen molar-refractivity contribution in [2.45, 2.75) is 40.0 Å². The number of hydrogen-bond acceptors (Lipinski definition) is 8. The molecule has 33 heavy (non-hydrogen) atoms. The second-order valence-corrected chi connectivity index (χ2v) is 8.47. The van der Waals surface area contributed by atoms with Gasteiger partial charge in [-0.2, -0.15) is 4.80 Å². The van der Waals surface area contributed by atoms with E-state index in [0.717, 1.165) is 4.88 Å². The summed E-state index contributed by atoms with van der Waals surface area (Å²) in [5.41, 5.74) is 0.951. The minimum absolute atomic E-state index is 0.0533. The van der Waals surface area contributed by atoms with Gasteiger partial charge in [0.1, 0.15) is 6.54 Å². The summed E-state index contributed by atoms with van der Waals surface area (Å²) >= 11 is 1.56. The average Bonchev–Trinajstić information content (AvgIpc) is 3.48. The molecular weight excluding hydrogens is 444 g/mol. The third kappa shape index (κ3) is 6.94. The van der Waals surface area contributed by atoms with Gasteiger partial charge in [0.05, 0.1) is 24.8 Å². The summed E-state index contributed by atoms with van der Waals surface area (Å²) < 4.78 is 5.21. The first kappa shape index (κ1) is 24.1. The summed E-state index contributed by atoms with van der Waals surface area (Å²) in [5.74, 6) is -0.706. The average molecular weight is 471 g/mol. The van der Waals surface area contributed by atoms with E-state index in [9.17, 15) is 14.4 Å². The van der Waals surface area contributed by atoms with Gasteiger partial charge in [-0.3, -0.25) is 9.59 Å². The van der Waals surface area contributed by atoms with Crippen LogP contribution in [0, 0.1) is 0 Å². The highest BCUT2D eigenvalue weighted by Gasteiger charge is 2.18. The van der Waals surface area contributed by atoms with Crippen LogP contribution in [0.5, 0.6) is 0 Å². The zero-order chi connectivity index (χ0) is 23.8. The highest BCUT2D eigenvalue weighted by atomic mass is 32.1. The number of carbonyl (C=O) groups is 3. The molecule has 2 heterocycles. The summed E-state index contributed by atoms with van der Waals surface area (Å²) in [6, 6.07) is 10.6. The normalized spacial score (nSPS) is 10.8. The SMILES string of the molecule is CCN(CC(=O)NCc1cccs1)C(=O)Cn1nnc(-c2cccc(C(=O)OC(C)C)c2)n1. The Kier molecular flexibility index (Phi) is 8.25. The number of amides is 2. The van der Waals surface area contributed by atoms with Gasteiger partial charge in [0.25, 0.3) is 0 Å². The third-order valence-corrected chi connectivity index (χ3v) is 5.41. The Labute approximate surface area is 195 Å². The summed E-state index contributed by atoms with van der Waals surface area (Å²) in [6.45, 7) is 5.94. The van der Waals surface area contributed by atoms with Gasteiger partial charge in [0.15, 0.2) is 0 Å². The number of nitrogens with zero attached hydrogens (tertiary/aromatic N) is 5. The number of tetrazole rings is 1. The molecule has 0 aliphatic carbocycles. The fourth-order valence-electron chi connectivity index (χ4n) is 2.92. The first-order valence-electron chi connectivity index (χ1n) is 10.5. The van der Waals surface area contributed by atoms with Crippen molar-refractivity contribution < 1.29 is 19.1 Å². The molecule has 0 aliphatic rings. The lowest BCUT2D eigenvalue weighted by Crippen LogP contribution is -2.42. The maximum absolute atomic E-state index is 12.7. The van der Waals surface area contributed by atoms with Crippen molar-refractivity contribution in [2.75, 3.05) is 13.1 Å². The molecule has 1 N–H and O–H groups in total. The van der Waals surface area contributed by atoms with Crippen LogP contribution < -0.4 is 5.32 Å². The molecule has 0 atom stereocenters. The number of benzene rings is 1. The molecule has 1 aromatic carbocycles. The minimum Gasteiger partial charge on any atom is -0.459 e. The van der Waals surface area contributed by atoms with Gasteiger partial charge >= 0.3 is 5.97 Å². The number of hydrogen-bond donors (Lipinski definition) is 1. The van der Waals surface area contributed by atoms with Crippen molar-refractivity contribution in [1.82, 2.24) is 30.4 Å². The van der Waals surface area contributed by atoms with E-state index in [4.69, 9.17) is 4.74 Å². The molecule has 2 amide bonds. The number of nitrogens with one attached hydrogen (secondary N) is 1.